The normalized spacial score (nSPS) is 12.1. The standard InChI is InChI=1S/C16H16BrF2NO2S/c1-20(10-12-2-6-14(17)7-3-12)11-13-4-8-15(9-5-13)23(21,22)16(18)19/h2-9,16H,10-11H2,1H3. The molecule has 23 heavy (non-hydrogen) atoms. The van der Waals surface area contributed by atoms with Crippen LogP contribution in [0.4, 0.5) is 8.78 Å². The molecule has 0 saturated heterocycles. The second kappa shape index (κ2) is 7.51. The number of hydrogen-bond acceptors (Lipinski definition) is 3. The molecule has 124 valence electrons. The summed E-state index contributed by atoms with van der Waals surface area (Å²) >= 11 is 3.38. The molecule has 0 aliphatic carbocycles. The first-order valence-electron chi connectivity index (χ1n) is 6.83. The van der Waals surface area contributed by atoms with Crippen molar-refractivity contribution >= 4 is 25.8 Å². The number of hydrogen-bond donors (Lipinski definition) is 0. The van der Waals surface area contributed by atoms with E-state index in [2.05, 4.69) is 20.8 Å². The summed E-state index contributed by atoms with van der Waals surface area (Å²) in [6.45, 7) is 1.31. The van der Waals surface area contributed by atoms with Crippen molar-refractivity contribution < 1.29 is 17.2 Å². The number of benzene rings is 2. The van der Waals surface area contributed by atoms with Crippen molar-refractivity contribution in [2.45, 2.75) is 23.7 Å². The molecule has 0 amide bonds. The Labute approximate surface area is 143 Å². The summed E-state index contributed by atoms with van der Waals surface area (Å²) in [6, 6.07) is 13.5. The van der Waals surface area contributed by atoms with Crippen LogP contribution in [0.3, 0.4) is 0 Å². The monoisotopic (exact) mass is 403 g/mol. The summed E-state index contributed by atoms with van der Waals surface area (Å²) in [5.41, 5.74) is 2.01. The Kier molecular flexibility index (Phi) is 5.89. The third-order valence-corrected chi connectivity index (χ3v) is 5.23. The van der Waals surface area contributed by atoms with Crippen molar-refractivity contribution in [2.24, 2.45) is 0 Å². The quantitative estimate of drug-likeness (QED) is 0.728. The molecule has 0 atom stereocenters. The summed E-state index contributed by atoms with van der Waals surface area (Å²) in [5, 5.41) is 0. The molecule has 0 fully saturated rings. The van der Waals surface area contributed by atoms with E-state index in [4.69, 9.17) is 0 Å². The van der Waals surface area contributed by atoms with Crippen molar-refractivity contribution in [2.75, 3.05) is 7.05 Å². The van der Waals surface area contributed by atoms with Crippen molar-refractivity contribution in [3.05, 3.63) is 64.1 Å². The Hall–Kier alpha value is -1.31. The molecule has 0 aliphatic rings. The molecule has 0 N–H and O–H groups in total. The molecule has 2 rings (SSSR count). The zero-order valence-electron chi connectivity index (χ0n) is 12.4. The van der Waals surface area contributed by atoms with Crippen LogP contribution in [0.1, 0.15) is 11.1 Å². The maximum atomic E-state index is 12.5. The van der Waals surface area contributed by atoms with Gasteiger partial charge in [0.1, 0.15) is 0 Å². The van der Waals surface area contributed by atoms with Crippen LogP contribution in [-0.2, 0) is 22.9 Å². The Bertz CT molecular complexity index is 747. The SMILES string of the molecule is CN(Cc1ccc(Br)cc1)Cc1ccc(S(=O)(=O)C(F)F)cc1. The molecule has 0 saturated carbocycles. The number of sulfone groups is 1. The van der Waals surface area contributed by atoms with Gasteiger partial charge in [0.05, 0.1) is 4.90 Å². The van der Waals surface area contributed by atoms with E-state index in [1.807, 2.05) is 31.3 Å². The molecular formula is C16H16BrF2NO2S. The van der Waals surface area contributed by atoms with Crippen LogP contribution < -0.4 is 0 Å². The van der Waals surface area contributed by atoms with E-state index in [1.54, 1.807) is 12.1 Å². The van der Waals surface area contributed by atoms with Gasteiger partial charge in [0.25, 0.3) is 0 Å². The van der Waals surface area contributed by atoms with E-state index in [0.29, 0.717) is 6.54 Å². The van der Waals surface area contributed by atoms with Gasteiger partial charge in [-0.3, -0.25) is 4.90 Å². The Morgan fingerprint density at radius 2 is 1.39 bits per heavy atom. The molecule has 0 unspecified atom stereocenters. The van der Waals surface area contributed by atoms with Gasteiger partial charge in [-0.2, -0.15) is 8.78 Å². The maximum Gasteiger partial charge on any atom is 0.341 e. The highest BCUT2D eigenvalue weighted by Crippen LogP contribution is 2.19. The number of alkyl halides is 2. The first kappa shape index (κ1) is 18.0. The maximum absolute atomic E-state index is 12.5. The van der Waals surface area contributed by atoms with Crippen LogP contribution in [0.5, 0.6) is 0 Å². The van der Waals surface area contributed by atoms with E-state index < -0.39 is 15.6 Å². The Balaban J connectivity index is 2.02. The van der Waals surface area contributed by atoms with E-state index in [9.17, 15) is 17.2 Å². The lowest BCUT2D eigenvalue weighted by Crippen LogP contribution is -2.17. The van der Waals surface area contributed by atoms with Crippen molar-refractivity contribution in [1.29, 1.82) is 0 Å². The van der Waals surface area contributed by atoms with Gasteiger partial charge < -0.3 is 0 Å². The summed E-state index contributed by atoms with van der Waals surface area (Å²) in [7, 11) is -2.59. The van der Waals surface area contributed by atoms with Gasteiger partial charge >= 0.3 is 5.76 Å². The van der Waals surface area contributed by atoms with Gasteiger partial charge in [-0.25, -0.2) is 8.42 Å². The molecule has 0 heterocycles. The minimum atomic E-state index is -4.53. The molecule has 0 bridgehead atoms. The van der Waals surface area contributed by atoms with Gasteiger partial charge in [0, 0.05) is 17.6 Å². The molecule has 0 radical (unpaired) electrons. The topological polar surface area (TPSA) is 37.4 Å². The van der Waals surface area contributed by atoms with Crippen LogP contribution >= 0.6 is 15.9 Å². The third kappa shape index (κ3) is 4.83. The summed E-state index contributed by atoms with van der Waals surface area (Å²) in [6.07, 6.45) is 0. The molecule has 0 aliphatic heterocycles. The summed E-state index contributed by atoms with van der Waals surface area (Å²) in [5.74, 6) is -3.39. The molecule has 0 spiro atoms. The highest BCUT2D eigenvalue weighted by molar-refractivity contribution is 9.10. The fraction of sp³-hybridized carbons (Fsp3) is 0.250. The number of rotatable bonds is 6. The van der Waals surface area contributed by atoms with Crippen molar-refractivity contribution in [1.82, 2.24) is 4.90 Å². The lowest BCUT2D eigenvalue weighted by Gasteiger charge is -2.17. The fourth-order valence-electron chi connectivity index (χ4n) is 2.16. The molecule has 3 nitrogen and oxygen atoms in total. The second-order valence-corrected chi connectivity index (χ2v) is 8.08. The number of halogens is 3. The van der Waals surface area contributed by atoms with E-state index in [1.165, 1.54) is 12.1 Å². The van der Waals surface area contributed by atoms with Gasteiger partial charge in [0.2, 0.25) is 9.84 Å². The van der Waals surface area contributed by atoms with Crippen LogP contribution in [0.15, 0.2) is 57.9 Å². The molecule has 0 aromatic heterocycles. The van der Waals surface area contributed by atoms with Crippen LogP contribution in [0.25, 0.3) is 0 Å². The van der Waals surface area contributed by atoms with Gasteiger partial charge in [-0.05, 0) is 42.4 Å². The largest absolute Gasteiger partial charge is 0.341 e. The van der Waals surface area contributed by atoms with Gasteiger partial charge in [-0.1, -0.05) is 40.2 Å². The van der Waals surface area contributed by atoms with Crippen LogP contribution in [0.2, 0.25) is 0 Å². The first-order chi connectivity index (χ1) is 10.8. The van der Waals surface area contributed by atoms with Crippen LogP contribution in [0, 0.1) is 0 Å². The van der Waals surface area contributed by atoms with Gasteiger partial charge in [-0.15, -0.1) is 0 Å². The predicted molar refractivity (Wildman–Crippen MR) is 88.9 cm³/mol. The zero-order chi connectivity index (χ0) is 17.0. The lowest BCUT2D eigenvalue weighted by molar-refractivity contribution is 0.234. The fourth-order valence-corrected chi connectivity index (χ4v) is 3.14. The van der Waals surface area contributed by atoms with Crippen LogP contribution in [-0.4, -0.2) is 26.1 Å². The summed E-state index contributed by atoms with van der Waals surface area (Å²) in [4.78, 5) is 1.70. The smallest absolute Gasteiger partial charge is 0.298 e. The second-order valence-electron chi connectivity index (χ2n) is 5.25. The van der Waals surface area contributed by atoms with Gasteiger partial charge in [0.15, 0.2) is 0 Å². The predicted octanol–water partition coefficient (Wildman–Crippen LogP) is 4.08. The number of nitrogens with zero attached hydrogens (tertiary/aromatic N) is 1. The highest BCUT2D eigenvalue weighted by Gasteiger charge is 2.26. The third-order valence-electron chi connectivity index (χ3n) is 3.30. The Morgan fingerprint density at radius 1 is 0.957 bits per heavy atom. The zero-order valence-corrected chi connectivity index (χ0v) is 14.8. The van der Waals surface area contributed by atoms with Crippen molar-refractivity contribution in [3.63, 3.8) is 0 Å². The summed E-state index contributed by atoms with van der Waals surface area (Å²) < 4.78 is 48.7. The van der Waals surface area contributed by atoms with E-state index in [-0.39, 0.29) is 4.90 Å². The van der Waals surface area contributed by atoms with E-state index >= 15 is 0 Å². The minimum Gasteiger partial charge on any atom is -0.298 e. The first-order valence-corrected chi connectivity index (χ1v) is 9.17. The van der Waals surface area contributed by atoms with E-state index in [0.717, 1.165) is 22.1 Å². The molecular weight excluding hydrogens is 388 g/mol. The average Bonchev–Trinajstić information content (AvgIpc) is 2.50. The average molecular weight is 404 g/mol. The Morgan fingerprint density at radius 3 is 1.83 bits per heavy atom. The highest BCUT2D eigenvalue weighted by atomic mass is 79.9. The minimum absolute atomic E-state index is 0.355. The lowest BCUT2D eigenvalue weighted by atomic mass is 10.2. The molecule has 2 aromatic carbocycles. The molecule has 2 aromatic rings. The van der Waals surface area contributed by atoms with Crippen molar-refractivity contribution in [3.8, 4) is 0 Å². The molecule has 7 heteroatoms.